The van der Waals surface area contributed by atoms with E-state index in [0.29, 0.717) is 6.07 Å². The molecule has 0 bridgehead atoms. The Labute approximate surface area is 146 Å². The van der Waals surface area contributed by atoms with Crippen LogP contribution in [0.1, 0.15) is 12.0 Å². The number of nitrogens with zero attached hydrogens (tertiary/aromatic N) is 2. The maximum atomic E-state index is 12.8. The van der Waals surface area contributed by atoms with Crippen LogP contribution in [0.4, 0.5) is 18.0 Å². The normalized spacial score (nSPS) is 19.3. The van der Waals surface area contributed by atoms with Gasteiger partial charge in [-0.2, -0.15) is 17.5 Å². The van der Waals surface area contributed by atoms with Crippen LogP contribution in [-0.4, -0.2) is 65.6 Å². The average Bonchev–Trinajstić information content (AvgIpc) is 2.53. The number of hydrogen-bond acceptors (Lipinski definition) is 4. The highest BCUT2D eigenvalue weighted by atomic mass is 32.2. The van der Waals surface area contributed by atoms with Gasteiger partial charge in [-0.15, -0.1) is 0 Å². The first-order valence-corrected chi connectivity index (χ1v) is 8.75. The molecule has 1 aliphatic heterocycles. The molecule has 1 fully saturated rings. The smallest absolute Gasteiger partial charge is 0.416 e. The molecule has 1 aromatic rings. The molecule has 26 heavy (non-hydrogen) atoms. The van der Waals surface area contributed by atoms with Crippen LogP contribution in [0.25, 0.3) is 0 Å². The molecule has 1 aromatic carbocycles. The molecule has 1 amide bonds. The van der Waals surface area contributed by atoms with Crippen molar-refractivity contribution in [1.29, 1.82) is 0 Å². The molecule has 0 aromatic heterocycles. The molecule has 2 N–H and O–H groups in total. The molecule has 1 aliphatic rings. The summed E-state index contributed by atoms with van der Waals surface area (Å²) in [5.41, 5.74) is -1.16. The van der Waals surface area contributed by atoms with Gasteiger partial charge in [0.25, 0.3) is 0 Å². The van der Waals surface area contributed by atoms with Crippen molar-refractivity contribution < 1.29 is 41.4 Å². The molecule has 1 heterocycles. The summed E-state index contributed by atoms with van der Waals surface area (Å²) in [5, 5.41) is 18.0. The topological polar surface area (TPSA) is 115 Å². The molecule has 1 atom stereocenters. The highest BCUT2D eigenvalue weighted by Gasteiger charge is 2.39. The first kappa shape index (κ1) is 20.0. The standard InChI is InChI=1S/C14H15F3N2O6S/c15-14(16,17)9-2-1-3-11(6-9)26(24,25)19-5-4-18(13(22)23)8-10(19)7-12(20)21/h1-3,6,10H,4-5,7-8H2,(H,20,21)(H,22,23). The lowest BCUT2D eigenvalue weighted by Gasteiger charge is -2.38. The largest absolute Gasteiger partial charge is 0.481 e. The molecular formula is C14H15F3N2O6S. The first-order valence-electron chi connectivity index (χ1n) is 7.31. The molecule has 1 unspecified atom stereocenters. The first-order chi connectivity index (χ1) is 11.9. The van der Waals surface area contributed by atoms with E-state index in [-0.39, 0.29) is 19.6 Å². The summed E-state index contributed by atoms with van der Waals surface area (Å²) in [4.78, 5) is 22.3. The predicted octanol–water partition coefficient (Wildman–Crippen LogP) is 1.53. The van der Waals surface area contributed by atoms with Crippen molar-refractivity contribution in [2.24, 2.45) is 0 Å². The number of rotatable bonds is 4. The predicted molar refractivity (Wildman–Crippen MR) is 81.0 cm³/mol. The Kier molecular flexibility index (Phi) is 5.47. The molecule has 1 saturated heterocycles. The molecule has 8 nitrogen and oxygen atoms in total. The number of piperazine rings is 1. The monoisotopic (exact) mass is 396 g/mol. The Hall–Kier alpha value is -2.34. The fourth-order valence-electron chi connectivity index (χ4n) is 2.66. The fraction of sp³-hybridized carbons (Fsp3) is 0.429. The van der Waals surface area contributed by atoms with Gasteiger partial charge in [-0.3, -0.25) is 4.79 Å². The summed E-state index contributed by atoms with van der Waals surface area (Å²) in [6.45, 7) is -0.966. The zero-order valence-electron chi connectivity index (χ0n) is 13.2. The van der Waals surface area contributed by atoms with E-state index in [1.807, 2.05) is 0 Å². The lowest BCUT2D eigenvalue weighted by atomic mass is 10.1. The SMILES string of the molecule is O=C(O)CC1CN(C(=O)O)CCN1S(=O)(=O)c1cccc(C(F)(F)F)c1. The Morgan fingerprint density at radius 1 is 1.19 bits per heavy atom. The summed E-state index contributed by atoms with van der Waals surface area (Å²) in [5.74, 6) is -1.36. The van der Waals surface area contributed by atoms with Gasteiger partial charge in [0.05, 0.1) is 22.9 Å². The van der Waals surface area contributed by atoms with Gasteiger partial charge < -0.3 is 15.1 Å². The third kappa shape index (κ3) is 4.25. The van der Waals surface area contributed by atoms with Crippen molar-refractivity contribution in [3.63, 3.8) is 0 Å². The highest BCUT2D eigenvalue weighted by Crippen LogP contribution is 2.32. The quantitative estimate of drug-likeness (QED) is 0.798. The molecule has 12 heteroatoms. The minimum Gasteiger partial charge on any atom is -0.481 e. The van der Waals surface area contributed by atoms with Crippen molar-refractivity contribution in [3.8, 4) is 0 Å². The number of sulfonamides is 1. The zero-order valence-corrected chi connectivity index (χ0v) is 14.0. The Morgan fingerprint density at radius 3 is 2.38 bits per heavy atom. The van der Waals surface area contributed by atoms with Gasteiger partial charge in [0.1, 0.15) is 0 Å². The zero-order chi connectivity index (χ0) is 19.7. The van der Waals surface area contributed by atoms with E-state index in [1.165, 1.54) is 0 Å². The van der Waals surface area contributed by atoms with Crippen LogP contribution in [0, 0.1) is 0 Å². The van der Waals surface area contributed by atoms with Crippen LogP contribution >= 0.6 is 0 Å². The van der Waals surface area contributed by atoms with E-state index < -0.39 is 51.2 Å². The molecule has 0 aliphatic carbocycles. The lowest BCUT2D eigenvalue weighted by molar-refractivity contribution is -0.139. The van der Waals surface area contributed by atoms with Crippen LogP contribution in [0.5, 0.6) is 0 Å². The third-order valence-corrected chi connectivity index (χ3v) is 5.83. The van der Waals surface area contributed by atoms with E-state index in [2.05, 4.69) is 0 Å². The second kappa shape index (κ2) is 7.11. The van der Waals surface area contributed by atoms with Crippen LogP contribution in [0.15, 0.2) is 29.2 Å². The van der Waals surface area contributed by atoms with Gasteiger partial charge in [0.2, 0.25) is 10.0 Å². The second-order valence-corrected chi connectivity index (χ2v) is 7.51. The minimum absolute atomic E-state index is 0.219. The van der Waals surface area contributed by atoms with Crippen LogP contribution < -0.4 is 0 Å². The van der Waals surface area contributed by atoms with E-state index >= 15 is 0 Å². The Morgan fingerprint density at radius 2 is 1.85 bits per heavy atom. The van der Waals surface area contributed by atoms with E-state index in [4.69, 9.17) is 10.2 Å². The maximum absolute atomic E-state index is 12.8. The van der Waals surface area contributed by atoms with Crippen molar-refractivity contribution in [3.05, 3.63) is 29.8 Å². The summed E-state index contributed by atoms with van der Waals surface area (Å²) >= 11 is 0. The number of carboxylic acid groups (broad SMARTS) is 2. The van der Waals surface area contributed by atoms with Gasteiger partial charge in [-0.25, -0.2) is 13.2 Å². The summed E-state index contributed by atoms with van der Waals surface area (Å²) in [6.07, 6.45) is -6.76. The molecule has 0 spiro atoms. The number of alkyl halides is 3. The number of aliphatic carboxylic acids is 1. The van der Waals surface area contributed by atoms with Crippen LogP contribution in [0.2, 0.25) is 0 Å². The molecule has 0 saturated carbocycles. The summed E-state index contributed by atoms with van der Waals surface area (Å²) in [7, 11) is -4.44. The number of benzene rings is 1. The third-order valence-electron chi connectivity index (χ3n) is 3.88. The number of halogens is 3. The van der Waals surface area contributed by atoms with Gasteiger partial charge in [-0.05, 0) is 18.2 Å². The van der Waals surface area contributed by atoms with Gasteiger partial charge in [-0.1, -0.05) is 6.07 Å². The van der Waals surface area contributed by atoms with E-state index in [1.54, 1.807) is 0 Å². The maximum Gasteiger partial charge on any atom is 0.416 e. The Balaban J connectivity index is 2.39. The number of amides is 1. The van der Waals surface area contributed by atoms with Crippen LogP contribution in [0.3, 0.4) is 0 Å². The molecular weight excluding hydrogens is 381 g/mol. The summed E-state index contributed by atoms with van der Waals surface area (Å²) < 4.78 is 64.7. The van der Waals surface area contributed by atoms with Gasteiger partial charge in [0, 0.05) is 19.6 Å². The molecule has 2 rings (SSSR count). The number of carbonyl (C=O) groups is 2. The minimum atomic E-state index is -4.74. The van der Waals surface area contributed by atoms with Crippen molar-refractivity contribution in [2.45, 2.75) is 23.5 Å². The molecule has 0 radical (unpaired) electrons. The molecule has 144 valence electrons. The lowest BCUT2D eigenvalue weighted by Crippen LogP contribution is -2.56. The van der Waals surface area contributed by atoms with Gasteiger partial charge in [0.15, 0.2) is 0 Å². The second-order valence-electron chi connectivity index (χ2n) is 5.62. The van der Waals surface area contributed by atoms with E-state index in [9.17, 15) is 31.2 Å². The number of carboxylic acids is 1. The van der Waals surface area contributed by atoms with E-state index in [0.717, 1.165) is 27.4 Å². The van der Waals surface area contributed by atoms with Crippen LogP contribution in [-0.2, 0) is 21.0 Å². The highest BCUT2D eigenvalue weighted by molar-refractivity contribution is 7.89. The Bertz CT molecular complexity index is 811. The number of hydrogen-bond donors (Lipinski definition) is 2. The van der Waals surface area contributed by atoms with Gasteiger partial charge >= 0.3 is 18.2 Å². The summed E-state index contributed by atoms with van der Waals surface area (Å²) in [6, 6.07) is 1.88. The van der Waals surface area contributed by atoms with Crippen molar-refractivity contribution in [1.82, 2.24) is 9.21 Å². The average molecular weight is 396 g/mol. The van der Waals surface area contributed by atoms with Crippen molar-refractivity contribution >= 4 is 22.1 Å². The van der Waals surface area contributed by atoms with Crippen molar-refractivity contribution in [2.75, 3.05) is 19.6 Å². The fourth-order valence-corrected chi connectivity index (χ4v) is 4.32.